The highest BCUT2D eigenvalue weighted by Crippen LogP contribution is 2.23. The van der Waals surface area contributed by atoms with Crippen LogP contribution in [0.25, 0.3) is 0 Å². The van der Waals surface area contributed by atoms with Crippen LogP contribution in [0.15, 0.2) is 33.8 Å². The van der Waals surface area contributed by atoms with Crippen molar-refractivity contribution >= 4 is 27.8 Å². The molecule has 25 heavy (non-hydrogen) atoms. The maximum Gasteiger partial charge on any atom is 0.281 e. The Morgan fingerprint density at radius 3 is 2.72 bits per heavy atom. The topological polar surface area (TPSA) is 88.3 Å². The van der Waals surface area contributed by atoms with Crippen LogP contribution in [0, 0.1) is 16.0 Å². The van der Waals surface area contributed by atoms with Crippen LogP contribution in [0.3, 0.4) is 0 Å². The van der Waals surface area contributed by atoms with E-state index in [4.69, 9.17) is 4.74 Å². The summed E-state index contributed by atoms with van der Waals surface area (Å²) >= 11 is 3.33. The number of guanidine groups is 1. The van der Waals surface area contributed by atoms with Crippen LogP contribution in [0.5, 0.6) is 0 Å². The molecule has 2 atom stereocenters. The molecule has 1 aromatic rings. The Balaban J connectivity index is 1.78. The van der Waals surface area contributed by atoms with Crippen LogP contribution < -0.4 is 0 Å². The minimum atomic E-state index is -0.747. The van der Waals surface area contributed by atoms with Gasteiger partial charge >= 0.3 is 0 Å². The third kappa shape index (κ3) is 4.16. The second-order valence-corrected chi connectivity index (χ2v) is 7.21. The van der Waals surface area contributed by atoms with Gasteiger partial charge in [-0.05, 0) is 37.6 Å². The lowest BCUT2D eigenvalue weighted by atomic mass is 10.1. The van der Waals surface area contributed by atoms with E-state index in [-0.39, 0.29) is 23.9 Å². The van der Waals surface area contributed by atoms with E-state index in [0.29, 0.717) is 31.8 Å². The van der Waals surface area contributed by atoms with Crippen LogP contribution in [0.4, 0.5) is 0 Å². The average molecular weight is 411 g/mol. The van der Waals surface area contributed by atoms with Gasteiger partial charge in [-0.25, -0.2) is 10.1 Å². The fourth-order valence-corrected chi connectivity index (χ4v) is 3.50. The number of benzene rings is 1. The van der Waals surface area contributed by atoms with Gasteiger partial charge in [-0.1, -0.05) is 15.9 Å². The predicted molar refractivity (Wildman–Crippen MR) is 94.7 cm³/mol. The number of carbonyl (C=O) groups excluding carboxylic acids is 1. The van der Waals surface area contributed by atoms with Gasteiger partial charge in [0, 0.05) is 35.6 Å². The second kappa shape index (κ2) is 7.49. The van der Waals surface area contributed by atoms with Gasteiger partial charge in [0.2, 0.25) is 0 Å². The molecule has 1 aromatic carbocycles. The quantitative estimate of drug-likeness (QED) is 0.560. The van der Waals surface area contributed by atoms with Crippen molar-refractivity contribution in [2.24, 2.45) is 11.0 Å². The van der Waals surface area contributed by atoms with Crippen LogP contribution in [0.1, 0.15) is 23.7 Å². The molecule has 0 radical (unpaired) electrons. The number of ether oxygens (including phenoxy) is 1. The Hall–Kier alpha value is -2.00. The Morgan fingerprint density at radius 1 is 1.40 bits per heavy atom. The molecule has 8 nitrogen and oxygen atoms in total. The van der Waals surface area contributed by atoms with Crippen molar-refractivity contribution in [1.29, 1.82) is 0 Å². The van der Waals surface area contributed by atoms with E-state index in [0.717, 1.165) is 10.9 Å². The Kier molecular flexibility index (Phi) is 5.33. The second-order valence-electron chi connectivity index (χ2n) is 6.29. The summed E-state index contributed by atoms with van der Waals surface area (Å²) in [5.41, 5.74) is 0.471. The normalized spacial score (nSPS) is 25.0. The molecule has 0 bridgehead atoms. The molecule has 2 saturated heterocycles. The van der Waals surface area contributed by atoms with Crippen molar-refractivity contribution in [3.05, 3.63) is 44.4 Å². The third-order valence-electron chi connectivity index (χ3n) is 4.39. The van der Waals surface area contributed by atoms with E-state index in [1.165, 1.54) is 4.90 Å². The van der Waals surface area contributed by atoms with Crippen molar-refractivity contribution in [2.45, 2.75) is 19.4 Å². The number of carbonyl (C=O) groups is 1. The minimum Gasteiger partial charge on any atom is -0.378 e. The first-order chi connectivity index (χ1) is 11.9. The lowest BCUT2D eigenvalue weighted by molar-refractivity contribution is -0.486. The largest absolute Gasteiger partial charge is 0.378 e. The van der Waals surface area contributed by atoms with Crippen molar-refractivity contribution in [3.8, 4) is 0 Å². The predicted octanol–water partition coefficient (Wildman–Crippen LogP) is 2.18. The fourth-order valence-electron chi connectivity index (χ4n) is 3.24. The van der Waals surface area contributed by atoms with Gasteiger partial charge in [-0.3, -0.25) is 9.69 Å². The summed E-state index contributed by atoms with van der Waals surface area (Å²) in [6.07, 6.45) is 1.10. The van der Waals surface area contributed by atoms with E-state index in [1.54, 1.807) is 24.3 Å². The summed E-state index contributed by atoms with van der Waals surface area (Å²) in [6.45, 7) is 4.15. The highest BCUT2D eigenvalue weighted by atomic mass is 79.9. The van der Waals surface area contributed by atoms with Gasteiger partial charge in [0.25, 0.3) is 11.9 Å². The molecule has 0 aliphatic carbocycles. The average Bonchev–Trinajstić information content (AvgIpc) is 3.14. The Morgan fingerprint density at radius 2 is 2.12 bits per heavy atom. The fraction of sp³-hybridized carbons (Fsp3) is 0.500. The van der Waals surface area contributed by atoms with Crippen LogP contribution in [-0.4, -0.2) is 59.0 Å². The number of nitrogens with zero attached hydrogens (tertiary/aromatic N) is 4. The van der Waals surface area contributed by atoms with E-state index in [2.05, 4.69) is 21.0 Å². The van der Waals surface area contributed by atoms with Crippen LogP contribution in [-0.2, 0) is 4.74 Å². The van der Waals surface area contributed by atoms with Crippen molar-refractivity contribution in [2.75, 3.05) is 26.2 Å². The summed E-state index contributed by atoms with van der Waals surface area (Å²) < 4.78 is 6.42. The van der Waals surface area contributed by atoms with E-state index in [1.807, 2.05) is 11.8 Å². The summed E-state index contributed by atoms with van der Waals surface area (Å²) in [6, 6.07) is 6.90. The standard InChI is InChI=1S/C16H19BrN4O4/c1-11-8-12(10-25-11)9-19-6-7-20(16(19)18-21(23)24)15(22)13-2-4-14(17)5-3-13/h2-5,11-12H,6-10H2,1H3. The monoisotopic (exact) mass is 410 g/mol. The van der Waals surface area contributed by atoms with Gasteiger partial charge in [0.05, 0.1) is 12.7 Å². The van der Waals surface area contributed by atoms with Crippen molar-refractivity contribution in [3.63, 3.8) is 0 Å². The molecular weight excluding hydrogens is 392 g/mol. The van der Waals surface area contributed by atoms with Gasteiger partial charge in [0.1, 0.15) is 5.10 Å². The first-order valence-corrected chi connectivity index (χ1v) is 8.90. The Labute approximate surface area is 153 Å². The van der Waals surface area contributed by atoms with Crippen molar-refractivity contribution in [1.82, 2.24) is 9.80 Å². The van der Waals surface area contributed by atoms with Gasteiger partial charge in [-0.15, -0.1) is 0 Å². The van der Waals surface area contributed by atoms with E-state index in [9.17, 15) is 14.9 Å². The molecule has 0 saturated carbocycles. The maximum atomic E-state index is 12.7. The number of hydrogen-bond donors (Lipinski definition) is 0. The SMILES string of the molecule is CC1CC(CN2CCN(C(=O)c3ccc(Br)cc3)C2=N[N+](=O)[O-])CO1. The molecule has 2 aliphatic rings. The lowest BCUT2D eigenvalue weighted by Crippen LogP contribution is -2.40. The molecule has 3 rings (SSSR count). The zero-order valence-corrected chi connectivity index (χ0v) is 15.4. The number of rotatable bonds is 4. The first-order valence-electron chi connectivity index (χ1n) is 8.11. The molecule has 0 spiro atoms. The molecule has 1 amide bonds. The van der Waals surface area contributed by atoms with Crippen LogP contribution >= 0.6 is 15.9 Å². The van der Waals surface area contributed by atoms with E-state index < -0.39 is 5.03 Å². The number of amides is 1. The molecule has 2 unspecified atom stereocenters. The molecule has 0 aromatic heterocycles. The lowest BCUT2D eigenvalue weighted by Gasteiger charge is -2.22. The summed E-state index contributed by atoms with van der Waals surface area (Å²) in [4.78, 5) is 26.9. The number of nitro groups is 1. The van der Waals surface area contributed by atoms with Gasteiger partial charge in [0.15, 0.2) is 5.03 Å². The van der Waals surface area contributed by atoms with Crippen molar-refractivity contribution < 1.29 is 14.6 Å². The summed E-state index contributed by atoms with van der Waals surface area (Å²) in [5, 5.41) is 13.7. The van der Waals surface area contributed by atoms with Crippen LogP contribution in [0.2, 0.25) is 0 Å². The number of hydrogen-bond acceptors (Lipinski definition) is 4. The number of halogens is 1. The smallest absolute Gasteiger partial charge is 0.281 e. The summed E-state index contributed by atoms with van der Waals surface area (Å²) in [7, 11) is 0. The minimum absolute atomic E-state index is 0.109. The third-order valence-corrected chi connectivity index (χ3v) is 4.91. The molecule has 2 fully saturated rings. The molecular formula is C16H19BrN4O4. The first kappa shape index (κ1) is 17.8. The molecule has 134 valence electrons. The highest BCUT2D eigenvalue weighted by molar-refractivity contribution is 9.10. The molecule has 0 N–H and O–H groups in total. The molecule has 2 aliphatic heterocycles. The van der Waals surface area contributed by atoms with Gasteiger partial charge in [-0.2, -0.15) is 0 Å². The Bertz CT molecular complexity index is 694. The highest BCUT2D eigenvalue weighted by Gasteiger charge is 2.36. The zero-order valence-electron chi connectivity index (χ0n) is 13.8. The maximum absolute atomic E-state index is 12.7. The summed E-state index contributed by atoms with van der Waals surface area (Å²) in [5.74, 6) is 0.110. The zero-order chi connectivity index (χ0) is 18.0. The number of hydrazone groups is 1. The van der Waals surface area contributed by atoms with Gasteiger partial charge < -0.3 is 9.64 Å². The van der Waals surface area contributed by atoms with E-state index >= 15 is 0 Å². The molecule has 9 heteroatoms. The molecule has 2 heterocycles.